The van der Waals surface area contributed by atoms with Gasteiger partial charge in [-0.3, -0.25) is 5.32 Å². The van der Waals surface area contributed by atoms with E-state index in [1.54, 1.807) is 26.4 Å². The molecule has 1 N–H and O–H groups in total. The second kappa shape index (κ2) is 6.31. The van der Waals surface area contributed by atoms with Gasteiger partial charge in [-0.2, -0.15) is 0 Å². The van der Waals surface area contributed by atoms with Crippen molar-refractivity contribution < 1.29 is 19.0 Å². The van der Waals surface area contributed by atoms with E-state index in [1.807, 2.05) is 26.8 Å². The number of ether oxygens (including phenoxy) is 3. The van der Waals surface area contributed by atoms with Crippen LogP contribution >= 0.6 is 0 Å². The first-order valence-electron chi connectivity index (χ1n) is 6.05. The molecule has 0 aromatic rings. The Morgan fingerprint density at radius 1 is 1.21 bits per heavy atom. The number of carbonyl (C=O) groups excluding carboxylic acids is 1. The highest BCUT2D eigenvalue weighted by molar-refractivity contribution is 5.70. The molecule has 5 heteroatoms. The first-order chi connectivity index (χ1) is 8.85. The lowest BCUT2D eigenvalue weighted by molar-refractivity contribution is 0.0541. The first kappa shape index (κ1) is 15.1. The number of allylic oxidation sites excluding steroid dienone is 3. The summed E-state index contributed by atoms with van der Waals surface area (Å²) in [5, 5.41) is 2.70. The topological polar surface area (TPSA) is 56.8 Å². The normalized spacial score (nSPS) is 15.5. The monoisotopic (exact) mass is 267 g/mol. The summed E-state index contributed by atoms with van der Waals surface area (Å²) in [6, 6.07) is 0. The number of hydrogen-bond acceptors (Lipinski definition) is 4. The van der Waals surface area contributed by atoms with Crippen molar-refractivity contribution in [3.8, 4) is 0 Å². The minimum absolute atomic E-state index is 0.499. The lowest BCUT2D eigenvalue weighted by atomic mass is 10.2. The van der Waals surface area contributed by atoms with Gasteiger partial charge in [0.25, 0.3) is 0 Å². The van der Waals surface area contributed by atoms with Gasteiger partial charge in [0.05, 0.1) is 19.9 Å². The maximum absolute atomic E-state index is 11.8. The van der Waals surface area contributed by atoms with Crippen molar-refractivity contribution in [2.24, 2.45) is 0 Å². The summed E-state index contributed by atoms with van der Waals surface area (Å²) in [6.45, 7) is 5.44. The van der Waals surface area contributed by atoms with Crippen LogP contribution in [0, 0.1) is 0 Å². The Labute approximate surface area is 113 Å². The molecule has 0 atom stereocenters. The Morgan fingerprint density at radius 3 is 2.42 bits per heavy atom. The van der Waals surface area contributed by atoms with Gasteiger partial charge in [0.1, 0.15) is 17.1 Å². The summed E-state index contributed by atoms with van der Waals surface area (Å²) in [7, 11) is 3.14. The molecule has 0 spiro atoms. The third-order valence-electron chi connectivity index (χ3n) is 2.31. The fraction of sp³-hybridized carbons (Fsp3) is 0.500. The molecule has 0 saturated carbocycles. The van der Waals surface area contributed by atoms with E-state index in [0.29, 0.717) is 17.9 Å². The first-order valence-corrected chi connectivity index (χ1v) is 6.05. The molecule has 1 amide bonds. The molecule has 0 aliphatic heterocycles. The molecular formula is C14H21NO4. The Morgan fingerprint density at radius 2 is 1.89 bits per heavy atom. The van der Waals surface area contributed by atoms with E-state index in [4.69, 9.17) is 14.2 Å². The van der Waals surface area contributed by atoms with Crippen LogP contribution in [0.4, 0.5) is 4.79 Å². The average molecular weight is 267 g/mol. The van der Waals surface area contributed by atoms with Gasteiger partial charge in [0.2, 0.25) is 0 Å². The molecular weight excluding hydrogens is 246 g/mol. The molecule has 1 rings (SSSR count). The van der Waals surface area contributed by atoms with Crippen molar-refractivity contribution in [3.05, 3.63) is 35.4 Å². The predicted octanol–water partition coefficient (Wildman–Crippen LogP) is 2.86. The standard InChI is InChI=1S/C14H21NO4/c1-14(2,3)19-13(16)15-11-8-6-10(17-4)7-9-12(11)18-5/h6-7,9H,8H2,1-5H3,(H,15,16). The van der Waals surface area contributed by atoms with Gasteiger partial charge < -0.3 is 14.2 Å². The zero-order chi connectivity index (χ0) is 14.5. The van der Waals surface area contributed by atoms with Crippen LogP contribution in [0.2, 0.25) is 0 Å². The molecule has 0 unspecified atom stereocenters. The van der Waals surface area contributed by atoms with Gasteiger partial charge in [0, 0.05) is 6.42 Å². The Kier molecular flexibility index (Phi) is 5.03. The van der Waals surface area contributed by atoms with E-state index in [1.165, 1.54) is 0 Å². The van der Waals surface area contributed by atoms with E-state index in [0.717, 1.165) is 5.76 Å². The lowest BCUT2D eigenvalue weighted by Crippen LogP contribution is -2.32. The van der Waals surface area contributed by atoms with Gasteiger partial charge >= 0.3 is 6.09 Å². The molecule has 106 valence electrons. The second-order valence-electron chi connectivity index (χ2n) is 5.02. The summed E-state index contributed by atoms with van der Waals surface area (Å²) in [5.74, 6) is 1.30. The Hall–Kier alpha value is -1.91. The van der Waals surface area contributed by atoms with E-state index in [-0.39, 0.29) is 0 Å². The number of methoxy groups -OCH3 is 2. The van der Waals surface area contributed by atoms with E-state index < -0.39 is 11.7 Å². The van der Waals surface area contributed by atoms with Crippen LogP contribution in [0.1, 0.15) is 27.2 Å². The second-order valence-corrected chi connectivity index (χ2v) is 5.02. The maximum Gasteiger partial charge on any atom is 0.412 e. The van der Waals surface area contributed by atoms with Crippen LogP contribution in [-0.4, -0.2) is 25.9 Å². The van der Waals surface area contributed by atoms with Gasteiger partial charge in [-0.25, -0.2) is 4.79 Å². The zero-order valence-electron chi connectivity index (χ0n) is 12.1. The fourth-order valence-electron chi connectivity index (χ4n) is 1.51. The van der Waals surface area contributed by atoms with Crippen molar-refractivity contribution in [2.45, 2.75) is 32.8 Å². The van der Waals surface area contributed by atoms with Crippen LogP contribution in [-0.2, 0) is 14.2 Å². The van der Waals surface area contributed by atoms with Gasteiger partial charge in [-0.1, -0.05) is 0 Å². The van der Waals surface area contributed by atoms with Gasteiger partial charge in [-0.05, 0) is 39.0 Å². The Bertz CT molecular complexity index is 427. The number of nitrogens with one attached hydrogen (secondary N) is 1. The minimum Gasteiger partial charge on any atom is -0.497 e. The molecule has 0 radical (unpaired) electrons. The van der Waals surface area contributed by atoms with Gasteiger partial charge in [0.15, 0.2) is 0 Å². The van der Waals surface area contributed by atoms with Crippen LogP contribution in [0.5, 0.6) is 0 Å². The van der Waals surface area contributed by atoms with Crippen LogP contribution in [0.15, 0.2) is 35.4 Å². The highest BCUT2D eigenvalue weighted by Gasteiger charge is 2.18. The summed E-state index contributed by atoms with van der Waals surface area (Å²) >= 11 is 0. The van der Waals surface area contributed by atoms with Gasteiger partial charge in [-0.15, -0.1) is 0 Å². The Balaban J connectivity index is 2.80. The quantitative estimate of drug-likeness (QED) is 0.854. The summed E-state index contributed by atoms with van der Waals surface area (Å²) in [6.07, 6.45) is 5.38. The van der Waals surface area contributed by atoms with E-state index in [9.17, 15) is 4.79 Å². The molecule has 0 aromatic heterocycles. The molecule has 1 aliphatic carbocycles. The zero-order valence-corrected chi connectivity index (χ0v) is 12.1. The average Bonchev–Trinajstić information content (AvgIpc) is 2.48. The number of rotatable bonds is 3. The number of carbonyl (C=O) groups is 1. The van der Waals surface area contributed by atoms with Crippen molar-refractivity contribution in [3.63, 3.8) is 0 Å². The van der Waals surface area contributed by atoms with Crippen LogP contribution < -0.4 is 5.32 Å². The molecule has 19 heavy (non-hydrogen) atoms. The molecule has 0 bridgehead atoms. The van der Waals surface area contributed by atoms with E-state index >= 15 is 0 Å². The van der Waals surface area contributed by atoms with Crippen molar-refractivity contribution >= 4 is 6.09 Å². The molecule has 0 aromatic carbocycles. The highest BCUT2D eigenvalue weighted by Crippen LogP contribution is 2.17. The van der Waals surface area contributed by atoms with Crippen molar-refractivity contribution in [2.75, 3.05) is 14.2 Å². The summed E-state index contributed by atoms with van der Waals surface area (Å²) in [4.78, 5) is 11.8. The SMILES string of the molecule is COC1=CCC(NC(=O)OC(C)(C)C)=C(OC)C=C1. The maximum atomic E-state index is 11.8. The largest absolute Gasteiger partial charge is 0.497 e. The summed E-state index contributed by atoms with van der Waals surface area (Å²) in [5.41, 5.74) is 0.103. The fourth-order valence-corrected chi connectivity index (χ4v) is 1.51. The van der Waals surface area contributed by atoms with Crippen molar-refractivity contribution in [1.29, 1.82) is 0 Å². The predicted molar refractivity (Wildman–Crippen MR) is 72.3 cm³/mol. The molecule has 0 heterocycles. The third kappa shape index (κ3) is 5.07. The van der Waals surface area contributed by atoms with Crippen molar-refractivity contribution in [1.82, 2.24) is 5.32 Å². The minimum atomic E-state index is -0.536. The molecule has 0 fully saturated rings. The van der Waals surface area contributed by atoms with Crippen LogP contribution in [0.3, 0.4) is 0 Å². The molecule has 1 aliphatic rings. The number of amides is 1. The van der Waals surface area contributed by atoms with E-state index in [2.05, 4.69) is 5.32 Å². The smallest absolute Gasteiger partial charge is 0.412 e. The molecule has 5 nitrogen and oxygen atoms in total. The number of hydrogen-bond donors (Lipinski definition) is 1. The lowest BCUT2D eigenvalue weighted by Gasteiger charge is -2.20. The number of alkyl carbamates (subject to hydrolysis) is 1. The highest BCUT2D eigenvalue weighted by atomic mass is 16.6. The summed E-state index contributed by atoms with van der Waals surface area (Å²) < 4.78 is 15.6. The molecule has 0 saturated heterocycles. The third-order valence-corrected chi connectivity index (χ3v) is 2.31. The van der Waals surface area contributed by atoms with Crippen LogP contribution in [0.25, 0.3) is 0 Å².